The van der Waals surface area contributed by atoms with Crippen molar-refractivity contribution in [2.75, 3.05) is 31.1 Å². The molecular weight excluding hydrogens is 194 g/mol. The number of thioether (sulfide) groups is 1. The van der Waals surface area contributed by atoms with Crippen molar-refractivity contribution in [3.63, 3.8) is 0 Å². The van der Waals surface area contributed by atoms with E-state index >= 15 is 0 Å². The highest BCUT2D eigenvalue weighted by molar-refractivity contribution is 7.99. The van der Waals surface area contributed by atoms with Crippen LogP contribution in [0.4, 0.5) is 0 Å². The summed E-state index contributed by atoms with van der Waals surface area (Å²) in [4.78, 5) is 2.36. The van der Waals surface area contributed by atoms with Gasteiger partial charge in [-0.1, -0.05) is 20.8 Å². The maximum Gasteiger partial charge on any atom is 0.0947 e. The van der Waals surface area contributed by atoms with Crippen molar-refractivity contribution in [2.24, 2.45) is 11.7 Å². The van der Waals surface area contributed by atoms with Gasteiger partial charge in [-0.15, -0.1) is 0 Å². The highest BCUT2D eigenvalue weighted by Crippen LogP contribution is 2.03. The van der Waals surface area contributed by atoms with Gasteiger partial charge in [-0.3, -0.25) is 5.41 Å². The molecule has 1 atom stereocenters. The first kappa shape index (κ1) is 13.8. The molecule has 0 saturated heterocycles. The minimum absolute atomic E-state index is 0.182. The van der Waals surface area contributed by atoms with Gasteiger partial charge >= 0.3 is 0 Å². The molecular formula is C10H23N3S. The predicted octanol–water partition coefficient (Wildman–Crippen LogP) is 1.63. The molecule has 0 spiro atoms. The Morgan fingerprint density at radius 1 is 1.50 bits per heavy atom. The fourth-order valence-electron chi connectivity index (χ4n) is 1.20. The summed E-state index contributed by atoms with van der Waals surface area (Å²) in [6.07, 6.45) is 0. The molecule has 0 radical (unpaired) electrons. The predicted molar refractivity (Wildman–Crippen MR) is 66.2 cm³/mol. The lowest BCUT2D eigenvalue weighted by molar-refractivity contribution is 0.288. The SMILES string of the molecule is CCSCCN(CC)CC(C)C(=N)N. The van der Waals surface area contributed by atoms with Crippen LogP contribution in [-0.4, -0.2) is 41.9 Å². The van der Waals surface area contributed by atoms with Gasteiger partial charge in [0, 0.05) is 24.8 Å². The first-order valence-electron chi connectivity index (χ1n) is 5.25. The summed E-state index contributed by atoms with van der Waals surface area (Å²) in [5, 5.41) is 7.33. The number of nitrogens with zero attached hydrogens (tertiary/aromatic N) is 1. The molecule has 4 heteroatoms. The smallest absolute Gasteiger partial charge is 0.0947 e. The Hall–Kier alpha value is -0.220. The van der Waals surface area contributed by atoms with Crippen LogP contribution in [0.1, 0.15) is 20.8 Å². The zero-order chi connectivity index (χ0) is 11.0. The Bertz CT molecular complexity index is 161. The molecule has 0 aromatic carbocycles. The second-order valence-electron chi connectivity index (χ2n) is 3.45. The Kier molecular flexibility index (Phi) is 7.99. The van der Waals surface area contributed by atoms with Crippen LogP contribution < -0.4 is 5.73 Å². The van der Waals surface area contributed by atoms with Gasteiger partial charge in [0.1, 0.15) is 0 Å². The monoisotopic (exact) mass is 217 g/mol. The Morgan fingerprint density at radius 3 is 2.57 bits per heavy atom. The third kappa shape index (κ3) is 6.27. The van der Waals surface area contributed by atoms with E-state index in [9.17, 15) is 0 Å². The molecule has 0 aliphatic heterocycles. The standard InChI is InChI=1S/C10H23N3S/c1-4-13(6-7-14-5-2)8-9(3)10(11)12/h9H,4-8H2,1-3H3,(H3,11,12). The van der Waals surface area contributed by atoms with Crippen LogP contribution in [0, 0.1) is 11.3 Å². The minimum atomic E-state index is 0.182. The van der Waals surface area contributed by atoms with Gasteiger partial charge in [0.05, 0.1) is 5.84 Å². The zero-order valence-corrected chi connectivity index (χ0v) is 10.4. The molecule has 0 aromatic rings. The van der Waals surface area contributed by atoms with E-state index < -0.39 is 0 Å². The number of hydrogen-bond donors (Lipinski definition) is 2. The molecule has 84 valence electrons. The second-order valence-corrected chi connectivity index (χ2v) is 4.84. The van der Waals surface area contributed by atoms with Crippen LogP contribution >= 0.6 is 11.8 Å². The minimum Gasteiger partial charge on any atom is -0.387 e. The Morgan fingerprint density at radius 2 is 2.14 bits per heavy atom. The largest absolute Gasteiger partial charge is 0.387 e. The number of nitrogens with one attached hydrogen (secondary N) is 1. The van der Waals surface area contributed by atoms with E-state index in [1.807, 2.05) is 18.7 Å². The number of nitrogens with two attached hydrogens (primary N) is 1. The van der Waals surface area contributed by atoms with Gasteiger partial charge in [0.2, 0.25) is 0 Å². The Balaban J connectivity index is 3.72. The fraction of sp³-hybridized carbons (Fsp3) is 0.900. The van der Waals surface area contributed by atoms with Crippen LogP contribution in [0.3, 0.4) is 0 Å². The lowest BCUT2D eigenvalue weighted by atomic mass is 10.1. The fourth-order valence-corrected chi connectivity index (χ4v) is 1.88. The maximum atomic E-state index is 7.33. The second kappa shape index (κ2) is 8.12. The van der Waals surface area contributed by atoms with E-state index in [1.54, 1.807) is 0 Å². The lowest BCUT2D eigenvalue weighted by Crippen LogP contribution is -2.35. The van der Waals surface area contributed by atoms with Crippen molar-refractivity contribution in [2.45, 2.75) is 20.8 Å². The third-order valence-corrected chi connectivity index (χ3v) is 3.15. The van der Waals surface area contributed by atoms with E-state index in [0.717, 1.165) is 19.6 Å². The molecule has 0 aliphatic rings. The quantitative estimate of drug-likeness (QED) is 0.369. The number of amidine groups is 1. The molecule has 0 rings (SSSR count). The van der Waals surface area contributed by atoms with Crippen LogP contribution in [0.25, 0.3) is 0 Å². The first-order chi connectivity index (χ1) is 6.61. The average molecular weight is 217 g/mol. The van der Waals surface area contributed by atoms with Gasteiger partial charge < -0.3 is 10.6 Å². The molecule has 3 N–H and O–H groups in total. The van der Waals surface area contributed by atoms with Crippen LogP contribution in [0.15, 0.2) is 0 Å². The van der Waals surface area contributed by atoms with Crippen molar-refractivity contribution in [3.05, 3.63) is 0 Å². The van der Waals surface area contributed by atoms with E-state index in [-0.39, 0.29) is 5.92 Å². The van der Waals surface area contributed by atoms with Crippen molar-refractivity contribution >= 4 is 17.6 Å². The van der Waals surface area contributed by atoms with Gasteiger partial charge in [-0.05, 0) is 12.3 Å². The van der Waals surface area contributed by atoms with Crippen LogP contribution in [0.5, 0.6) is 0 Å². The van der Waals surface area contributed by atoms with Crippen molar-refractivity contribution in [3.8, 4) is 0 Å². The molecule has 0 bridgehead atoms. The average Bonchev–Trinajstić information content (AvgIpc) is 2.16. The van der Waals surface area contributed by atoms with Gasteiger partial charge in [0.25, 0.3) is 0 Å². The maximum absolute atomic E-state index is 7.33. The van der Waals surface area contributed by atoms with Gasteiger partial charge in [0.15, 0.2) is 0 Å². The van der Waals surface area contributed by atoms with E-state index in [0.29, 0.717) is 5.84 Å². The van der Waals surface area contributed by atoms with E-state index in [1.165, 1.54) is 11.5 Å². The van der Waals surface area contributed by atoms with E-state index in [4.69, 9.17) is 11.1 Å². The van der Waals surface area contributed by atoms with Gasteiger partial charge in [-0.2, -0.15) is 11.8 Å². The van der Waals surface area contributed by atoms with Crippen LogP contribution in [-0.2, 0) is 0 Å². The molecule has 1 unspecified atom stereocenters. The van der Waals surface area contributed by atoms with Crippen LogP contribution in [0.2, 0.25) is 0 Å². The molecule has 0 fully saturated rings. The number of hydrogen-bond acceptors (Lipinski definition) is 3. The topological polar surface area (TPSA) is 53.1 Å². The summed E-state index contributed by atoms with van der Waals surface area (Å²) < 4.78 is 0. The molecule has 0 heterocycles. The summed E-state index contributed by atoms with van der Waals surface area (Å²) in [6.45, 7) is 9.41. The molecule has 14 heavy (non-hydrogen) atoms. The Labute approximate surface area is 91.9 Å². The first-order valence-corrected chi connectivity index (χ1v) is 6.41. The molecule has 0 aromatic heterocycles. The lowest BCUT2D eigenvalue weighted by Gasteiger charge is -2.23. The van der Waals surface area contributed by atoms with Crippen molar-refractivity contribution < 1.29 is 0 Å². The summed E-state index contributed by atoms with van der Waals surface area (Å²) in [5.74, 6) is 2.84. The summed E-state index contributed by atoms with van der Waals surface area (Å²) in [5.41, 5.74) is 5.45. The van der Waals surface area contributed by atoms with Crippen molar-refractivity contribution in [1.82, 2.24) is 4.90 Å². The molecule has 0 aliphatic carbocycles. The molecule has 0 amide bonds. The molecule has 3 nitrogen and oxygen atoms in total. The highest BCUT2D eigenvalue weighted by Gasteiger charge is 2.10. The van der Waals surface area contributed by atoms with Crippen molar-refractivity contribution in [1.29, 1.82) is 5.41 Å². The normalized spacial score (nSPS) is 13.1. The summed E-state index contributed by atoms with van der Waals surface area (Å²) in [7, 11) is 0. The van der Waals surface area contributed by atoms with E-state index in [2.05, 4.69) is 18.7 Å². The van der Waals surface area contributed by atoms with Gasteiger partial charge in [-0.25, -0.2) is 0 Å². The number of rotatable bonds is 8. The highest BCUT2D eigenvalue weighted by atomic mass is 32.2. The summed E-state index contributed by atoms with van der Waals surface area (Å²) in [6, 6.07) is 0. The third-order valence-electron chi connectivity index (χ3n) is 2.27. The summed E-state index contributed by atoms with van der Waals surface area (Å²) >= 11 is 1.96. The zero-order valence-electron chi connectivity index (χ0n) is 9.55. The molecule has 0 saturated carbocycles.